The van der Waals surface area contributed by atoms with Crippen LogP contribution in [0.4, 0.5) is 17.1 Å². The van der Waals surface area contributed by atoms with Gasteiger partial charge < -0.3 is 15.5 Å². The zero-order valence-corrected chi connectivity index (χ0v) is 14.8. The minimum atomic E-state index is -0.206. The number of para-hydroxylation sites is 3. The Bertz CT molecular complexity index is 778. The molecule has 2 aromatic carbocycles. The highest BCUT2D eigenvalue weighted by Gasteiger charge is 2.29. The lowest BCUT2D eigenvalue weighted by Gasteiger charge is -2.28. The van der Waals surface area contributed by atoms with Crippen LogP contribution < -0.4 is 15.5 Å². The van der Waals surface area contributed by atoms with Crippen molar-refractivity contribution in [1.29, 1.82) is 0 Å². The number of nitrogens with zero attached hydrogens (tertiary/aromatic N) is 1. The SMILES string of the molecule is C[C@@H]1CC(=O)Nc2ccccc2N1C(=O)CNc1ccccc1Br. The fraction of sp³-hybridized carbons (Fsp3) is 0.222. The van der Waals surface area contributed by atoms with Crippen molar-refractivity contribution in [3.63, 3.8) is 0 Å². The molecule has 0 aliphatic carbocycles. The molecule has 0 fully saturated rings. The Balaban J connectivity index is 1.83. The van der Waals surface area contributed by atoms with Crippen molar-refractivity contribution in [2.24, 2.45) is 0 Å². The van der Waals surface area contributed by atoms with Crippen LogP contribution >= 0.6 is 15.9 Å². The van der Waals surface area contributed by atoms with E-state index in [9.17, 15) is 9.59 Å². The second-order valence-electron chi connectivity index (χ2n) is 5.72. The van der Waals surface area contributed by atoms with Gasteiger partial charge in [-0.05, 0) is 47.1 Å². The van der Waals surface area contributed by atoms with Crippen molar-refractivity contribution in [1.82, 2.24) is 0 Å². The summed E-state index contributed by atoms with van der Waals surface area (Å²) in [5, 5.41) is 6.01. The Morgan fingerprint density at radius 3 is 2.75 bits per heavy atom. The van der Waals surface area contributed by atoms with Crippen molar-refractivity contribution < 1.29 is 9.59 Å². The molecule has 0 bridgehead atoms. The van der Waals surface area contributed by atoms with Crippen LogP contribution in [0.2, 0.25) is 0 Å². The summed E-state index contributed by atoms with van der Waals surface area (Å²) >= 11 is 3.46. The average Bonchev–Trinajstić information content (AvgIpc) is 2.68. The molecule has 1 atom stereocenters. The van der Waals surface area contributed by atoms with Gasteiger partial charge in [0.05, 0.1) is 17.9 Å². The molecule has 124 valence electrons. The number of rotatable bonds is 3. The Morgan fingerprint density at radius 2 is 1.96 bits per heavy atom. The predicted molar refractivity (Wildman–Crippen MR) is 99.3 cm³/mol. The van der Waals surface area contributed by atoms with Crippen molar-refractivity contribution >= 4 is 44.8 Å². The predicted octanol–water partition coefficient (Wildman–Crippen LogP) is 3.62. The summed E-state index contributed by atoms with van der Waals surface area (Å²) in [4.78, 5) is 26.5. The summed E-state index contributed by atoms with van der Waals surface area (Å²) in [5.74, 6) is -0.161. The van der Waals surface area contributed by atoms with Crippen LogP contribution in [-0.2, 0) is 9.59 Å². The van der Waals surface area contributed by atoms with Crippen molar-refractivity contribution in [3.8, 4) is 0 Å². The van der Waals surface area contributed by atoms with Gasteiger partial charge in [0, 0.05) is 22.6 Å². The first-order chi connectivity index (χ1) is 11.6. The maximum absolute atomic E-state index is 12.8. The molecule has 0 saturated carbocycles. The molecule has 0 radical (unpaired) electrons. The van der Waals surface area contributed by atoms with E-state index in [-0.39, 0.29) is 30.8 Å². The maximum Gasteiger partial charge on any atom is 0.246 e. The monoisotopic (exact) mass is 387 g/mol. The van der Waals surface area contributed by atoms with E-state index in [4.69, 9.17) is 0 Å². The number of anilines is 3. The fourth-order valence-corrected chi connectivity index (χ4v) is 3.25. The van der Waals surface area contributed by atoms with Crippen LogP contribution in [0.5, 0.6) is 0 Å². The number of hydrogen-bond donors (Lipinski definition) is 2. The first-order valence-electron chi connectivity index (χ1n) is 7.75. The molecule has 3 rings (SSSR count). The summed E-state index contributed by atoms with van der Waals surface area (Å²) in [5.41, 5.74) is 2.26. The first-order valence-corrected chi connectivity index (χ1v) is 8.55. The van der Waals surface area contributed by atoms with E-state index in [1.165, 1.54) is 0 Å². The van der Waals surface area contributed by atoms with E-state index < -0.39 is 0 Å². The standard InChI is InChI=1S/C18H18BrN3O2/c1-12-10-17(23)21-15-8-4-5-9-16(15)22(12)18(24)11-20-14-7-3-2-6-13(14)19/h2-9,12,20H,10-11H2,1H3,(H,21,23)/t12-/m1/s1. The normalized spacial score (nSPS) is 16.8. The largest absolute Gasteiger partial charge is 0.375 e. The molecular formula is C18H18BrN3O2. The number of carbonyl (C=O) groups is 2. The van der Waals surface area contributed by atoms with Crippen LogP contribution in [0.1, 0.15) is 13.3 Å². The molecule has 0 unspecified atom stereocenters. The summed E-state index contributed by atoms with van der Waals surface area (Å²) in [6.07, 6.45) is 0.273. The molecule has 2 amide bonds. The summed E-state index contributed by atoms with van der Waals surface area (Å²) in [7, 11) is 0. The minimum absolute atomic E-state index is 0.0796. The zero-order valence-electron chi connectivity index (χ0n) is 13.3. The molecule has 5 nitrogen and oxygen atoms in total. The number of carbonyl (C=O) groups excluding carboxylic acids is 2. The van der Waals surface area contributed by atoms with E-state index in [0.29, 0.717) is 5.69 Å². The highest BCUT2D eigenvalue weighted by molar-refractivity contribution is 9.10. The molecule has 1 heterocycles. The molecule has 6 heteroatoms. The van der Waals surface area contributed by atoms with Crippen LogP contribution in [0, 0.1) is 0 Å². The van der Waals surface area contributed by atoms with Gasteiger partial charge in [-0.2, -0.15) is 0 Å². The van der Waals surface area contributed by atoms with Gasteiger partial charge in [-0.1, -0.05) is 24.3 Å². The summed E-state index contributed by atoms with van der Waals surface area (Å²) in [6, 6.07) is 14.8. The number of hydrogen-bond acceptors (Lipinski definition) is 3. The lowest BCUT2D eigenvalue weighted by atomic mass is 10.1. The van der Waals surface area contributed by atoms with E-state index in [1.807, 2.05) is 55.5 Å². The van der Waals surface area contributed by atoms with Gasteiger partial charge in [-0.25, -0.2) is 0 Å². The van der Waals surface area contributed by atoms with E-state index in [0.717, 1.165) is 15.8 Å². The third kappa shape index (κ3) is 3.43. The smallest absolute Gasteiger partial charge is 0.246 e. The van der Waals surface area contributed by atoms with Gasteiger partial charge in [0.15, 0.2) is 0 Å². The number of fused-ring (bicyclic) bond motifs is 1. The molecule has 0 aromatic heterocycles. The number of amides is 2. The molecule has 1 aliphatic heterocycles. The summed E-state index contributed by atoms with van der Waals surface area (Å²) in [6.45, 7) is 2.04. The van der Waals surface area contributed by atoms with Crippen LogP contribution in [-0.4, -0.2) is 24.4 Å². The highest BCUT2D eigenvalue weighted by atomic mass is 79.9. The van der Waals surface area contributed by atoms with E-state index in [1.54, 1.807) is 4.90 Å². The Morgan fingerprint density at radius 1 is 1.25 bits per heavy atom. The average molecular weight is 388 g/mol. The van der Waals surface area contributed by atoms with Crippen LogP contribution in [0.3, 0.4) is 0 Å². The molecule has 0 spiro atoms. The molecule has 2 aromatic rings. The second kappa shape index (κ2) is 7.05. The molecular weight excluding hydrogens is 370 g/mol. The molecule has 1 aliphatic rings. The third-order valence-corrected chi connectivity index (χ3v) is 4.62. The number of nitrogens with one attached hydrogen (secondary N) is 2. The maximum atomic E-state index is 12.8. The quantitative estimate of drug-likeness (QED) is 0.844. The lowest BCUT2D eigenvalue weighted by Crippen LogP contribution is -2.42. The lowest BCUT2D eigenvalue weighted by molar-refractivity contribution is -0.118. The Hall–Kier alpha value is -2.34. The first kappa shape index (κ1) is 16.5. The Kier molecular flexibility index (Phi) is 4.85. The van der Waals surface area contributed by atoms with E-state index in [2.05, 4.69) is 26.6 Å². The van der Waals surface area contributed by atoms with Crippen molar-refractivity contribution in [2.45, 2.75) is 19.4 Å². The molecule has 24 heavy (non-hydrogen) atoms. The molecule has 0 saturated heterocycles. The van der Waals surface area contributed by atoms with Gasteiger partial charge in [0.2, 0.25) is 11.8 Å². The van der Waals surface area contributed by atoms with Crippen molar-refractivity contribution in [2.75, 3.05) is 22.1 Å². The third-order valence-electron chi connectivity index (χ3n) is 3.93. The van der Waals surface area contributed by atoms with Crippen molar-refractivity contribution in [3.05, 3.63) is 53.0 Å². The summed E-state index contributed by atoms with van der Waals surface area (Å²) < 4.78 is 0.902. The minimum Gasteiger partial charge on any atom is -0.375 e. The second-order valence-corrected chi connectivity index (χ2v) is 6.57. The highest BCUT2D eigenvalue weighted by Crippen LogP contribution is 2.31. The van der Waals surface area contributed by atoms with Gasteiger partial charge in [0.25, 0.3) is 0 Å². The van der Waals surface area contributed by atoms with Gasteiger partial charge >= 0.3 is 0 Å². The zero-order chi connectivity index (χ0) is 17.1. The van der Waals surface area contributed by atoms with Crippen LogP contribution in [0.15, 0.2) is 53.0 Å². The Labute approximate surface area is 149 Å². The topological polar surface area (TPSA) is 61.4 Å². The van der Waals surface area contributed by atoms with E-state index >= 15 is 0 Å². The fourth-order valence-electron chi connectivity index (χ4n) is 2.83. The van der Waals surface area contributed by atoms with Gasteiger partial charge in [-0.3, -0.25) is 9.59 Å². The van der Waals surface area contributed by atoms with Crippen LogP contribution in [0.25, 0.3) is 0 Å². The number of benzene rings is 2. The molecule has 2 N–H and O–H groups in total. The van der Waals surface area contributed by atoms with Gasteiger partial charge in [-0.15, -0.1) is 0 Å². The number of halogens is 1. The van der Waals surface area contributed by atoms with Gasteiger partial charge in [0.1, 0.15) is 0 Å².